The normalized spacial score (nSPS) is 16.5. The van der Waals surface area contributed by atoms with Gasteiger partial charge in [-0.3, -0.25) is 10.1 Å². The van der Waals surface area contributed by atoms with Crippen LogP contribution < -0.4 is 10.0 Å². The number of hydrogen-bond acceptors (Lipinski definition) is 5. The minimum Gasteiger partial charge on any atom is -0.383 e. The molecule has 1 aromatic carbocycles. The Morgan fingerprint density at radius 1 is 1.43 bits per heavy atom. The standard InChI is InChI=1S/C13H19N3O4S/c1-9(8-10-6-7-10)15-21(19,20)12-5-3-4-11(14-2)13(12)16(17)18/h3-5,9-10,14-15H,6-8H2,1-2H3. The zero-order valence-electron chi connectivity index (χ0n) is 12.0. The number of anilines is 1. The van der Waals surface area contributed by atoms with Crippen molar-refractivity contribution in [3.8, 4) is 0 Å². The molecule has 0 bridgehead atoms. The van der Waals surface area contributed by atoms with Gasteiger partial charge in [0, 0.05) is 13.1 Å². The fourth-order valence-electron chi connectivity index (χ4n) is 2.36. The van der Waals surface area contributed by atoms with Crippen molar-refractivity contribution in [2.75, 3.05) is 12.4 Å². The van der Waals surface area contributed by atoms with Crippen LogP contribution >= 0.6 is 0 Å². The van der Waals surface area contributed by atoms with E-state index < -0.39 is 20.6 Å². The Hall–Kier alpha value is -1.67. The summed E-state index contributed by atoms with van der Waals surface area (Å²) in [4.78, 5) is 10.2. The second kappa shape index (κ2) is 5.98. The number of nitrogens with zero attached hydrogens (tertiary/aromatic N) is 1. The lowest BCUT2D eigenvalue weighted by molar-refractivity contribution is -0.386. The molecule has 0 amide bonds. The van der Waals surface area contributed by atoms with Crippen LogP contribution in [-0.4, -0.2) is 26.4 Å². The Balaban J connectivity index is 2.32. The first kappa shape index (κ1) is 15.7. The molecule has 1 aromatic rings. The predicted molar refractivity (Wildman–Crippen MR) is 79.8 cm³/mol. The number of benzene rings is 1. The van der Waals surface area contributed by atoms with E-state index in [9.17, 15) is 18.5 Å². The number of sulfonamides is 1. The SMILES string of the molecule is CNc1cccc(S(=O)(=O)NC(C)CC2CC2)c1[N+](=O)[O-]. The molecule has 7 nitrogen and oxygen atoms in total. The van der Waals surface area contributed by atoms with Gasteiger partial charge in [-0.05, 0) is 31.4 Å². The van der Waals surface area contributed by atoms with Crippen LogP contribution in [0.2, 0.25) is 0 Å². The van der Waals surface area contributed by atoms with Crippen LogP contribution in [0.4, 0.5) is 11.4 Å². The summed E-state index contributed by atoms with van der Waals surface area (Å²) in [5.41, 5.74) is -0.246. The quantitative estimate of drug-likeness (QED) is 0.593. The summed E-state index contributed by atoms with van der Waals surface area (Å²) in [6.07, 6.45) is 3.02. The molecule has 1 unspecified atom stereocenters. The lowest BCUT2D eigenvalue weighted by Crippen LogP contribution is -2.33. The predicted octanol–water partition coefficient (Wildman–Crippen LogP) is 2.10. The number of hydrogen-bond donors (Lipinski definition) is 2. The second-order valence-corrected chi connectivity index (χ2v) is 7.04. The maximum atomic E-state index is 12.4. The summed E-state index contributed by atoms with van der Waals surface area (Å²) in [6, 6.07) is 3.98. The van der Waals surface area contributed by atoms with E-state index in [-0.39, 0.29) is 16.6 Å². The lowest BCUT2D eigenvalue weighted by Gasteiger charge is -2.14. The largest absolute Gasteiger partial charge is 0.383 e. The van der Waals surface area contributed by atoms with Gasteiger partial charge in [0.25, 0.3) is 0 Å². The average Bonchev–Trinajstić information content (AvgIpc) is 3.20. The van der Waals surface area contributed by atoms with Gasteiger partial charge in [0.1, 0.15) is 5.69 Å². The first-order valence-corrected chi connectivity index (χ1v) is 8.31. The van der Waals surface area contributed by atoms with Crippen molar-refractivity contribution in [3.63, 3.8) is 0 Å². The van der Waals surface area contributed by atoms with Crippen molar-refractivity contribution < 1.29 is 13.3 Å². The molecular formula is C13H19N3O4S. The average molecular weight is 313 g/mol. The Morgan fingerprint density at radius 2 is 2.10 bits per heavy atom. The highest BCUT2D eigenvalue weighted by atomic mass is 32.2. The molecule has 2 N–H and O–H groups in total. The van der Waals surface area contributed by atoms with E-state index in [1.807, 2.05) is 0 Å². The van der Waals surface area contributed by atoms with Crippen LogP contribution in [0.25, 0.3) is 0 Å². The minimum atomic E-state index is -3.92. The van der Waals surface area contributed by atoms with Crippen molar-refractivity contribution in [2.24, 2.45) is 5.92 Å². The van der Waals surface area contributed by atoms with Crippen molar-refractivity contribution >= 4 is 21.4 Å². The van der Waals surface area contributed by atoms with E-state index in [1.165, 1.54) is 25.2 Å². The van der Waals surface area contributed by atoms with Crippen LogP contribution in [-0.2, 0) is 10.0 Å². The zero-order chi connectivity index (χ0) is 15.6. The van der Waals surface area contributed by atoms with Gasteiger partial charge in [0.05, 0.1) is 4.92 Å². The summed E-state index contributed by atoms with van der Waals surface area (Å²) < 4.78 is 27.3. The third-order valence-electron chi connectivity index (χ3n) is 3.48. The molecule has 0 radical (unpaired) electrons. The van der Waals surface area contributed by atoms with Gasteiger partial charge in [-0.15, -0.1) is 0 Å². The smallest absolute Gasteiger partial charge is 0.312 e. The fraction of sp³-hybridized carbons (Fsp3) is 0.538. The molecule has 8 heteroatoms. The molecule has 21 heavy (non-hydrogen) atoms. The Morgan fingerprint density at radius 3 is 2.62 bits per heavy atom. The molecule has 1 atom stereocenters. The number of nitrogens with one attached hydrogen (secondary N) is 2. The number of nitro benzene ring substituents is 1. The Kier molecular flexibility index (Phi) is 4.48. The summed E-state index contributed by atoms with van der Waals surface area (Å²) >= 11 is 0. The molecule has 0 saturated heterocycles. The van der Waals surface area contributed by atoms with Gasteiger partial charge in [0.2, 0.25) is 10.0 Å². The van der Waals surface area contributed by atoms with Crippen molar-refractivity contribution in [1.82, 2.24) is 4.72 Å². The highest BCUT2D eigenvalue weighted by Crippen LogP contribution is 2.35. The van der Waals surface area contributed by atoms with E-state index in [4.69, 9.17) is 0 Å². The molecule has 0 aliphatic heterocycles. The van der Waals surface area contributed by atoms with Gasteiger partial charge < -0.3 is 5.32 Å². The van der Waals surface area contributed by atoms with Crippen LogP contribution in [0, 0.1) is 16.0 Å². The molecule has 0 aromatic heterocycles. The van der Waals surface area contributed by atoms with Crippen molar-refractivity contribution in [3.05, 3.63) is 28.3 Å². The first-order chi connectivity index (χ1) is 9.85. The highest BCUT2D eigenvalue weighted by molar-refractivity contribution is 7.89. The summed E-state index contributed by atoms with van der Waals surface area (Å²) in [5.74, 6) is 0.571. The minimum absolute atomic E-state index is 0.178. The molecule has 1 fully saturated rings. The van der Waals surface area contributed by atoms with Crippen LogP contribution in [0.1, 0.15) is 26.2 Å². The maximum Gasteiger partial charge on any atom is 0.312 e. The maximum absolute atomic E-state index is 12.4. The van der Waals surface area contributed by atoms with E-state index in [2.05, 4.69) is 10.0 Å². The molecule has 1 saturated carbocycles. The van der Waals surface area contributed by atoms with Crippen LogP contribution in [0.15, 0.2) is 23.1 Å². The monoisotopic (exact) mass is 313 g/mol. The molecule has 0 spiro atoms. The van der Waals surface area contributed by atoms with Gasteiger partial charge in [-0.25, -0.2) is 13.1 Å². The van der Waals surface area contributed by atoms with E-state index >= 15 is 0 Å². The highest BCUT2D eigenvalue weighted by Gasteiger charge is 2.31. The van der Waals surface area contributed by atoms with Crippen LogP contribution in [0.5, 0.6) is 0 Å². The fourth-order valence-corrected chi connectivity index (χ4v) is 3.81. The first-order valence-electron chi connectivity index (χ1n) is 6.82. The molecule has 1 aliphatic rings. The molecule has 1 aliphatic carbocycles. The third kappa shape index (κ3) is 3.70. The van der Waals surface area contributed by atoms with Crippen molar-refractivity contribution in [1.29, 1.82) is 0 Å². The number of nitro groups is 1. The van der Waals surface area contributed by atoms with Gasteiger partial charge in [0.15, 0.2) is 4.90 Å². The molecule has 116 valence electrons. The van der Waals surface area contributed by atoms with Crippen molar-refractivity contribution in [2.45, 2.75) is 37.1 Å². The van der Waals surface area contributed by atoms with Gasteiger partial charge >= 0.3 is 5.69 Å². The summed E-state index contributed by atoms with van der Waals surface area (Å²) in [7, 11) is -2.40. The van der Waals surface area contributed by atoms with E-state index in [0.29, 0.717) is 5.92 Å². The Labute approximate surface area is 123 Å². The summed E-state index contributed by atoms with van der Waals surface area (Å²) in [6.45, 7) is 1.78. The molecular weight excluding hydrogens is 294 g/mol. The van der Waals surface area contributed by atoms with E-state index in [0.717, 1.165) is 19.3 Å². The van der Waals surface area contributed by atoms with Crippen LogP contribution in [0.3, 0.4) is 0 Å². The molecule has 2 rings (SSSR count). The third-order valence-corrected chi connectivity index (χ3v) is 5.10. The Bertz CT molecular complexity index is 641. The number of rotatable bonds is 7. The number of para-hydroxylation sites is 1. The molecule has 0 heterocycles. The van der Waals surface area contributed by atoms with E-state index in [1.54, 1.807) is 6.92 Å². The zero-order valence-corrected chi connectivity index (χ0v) is 12.8. The van der Waals surface area contributed by atoms with Gasteiger partial charge in [-0.1, -0.05) is 18.9 Å². The second-order valence-electron chi connectivity index (χ2n) is 5.36. The lowest BCUT2D eigenvalue weighted by atomic mass is 10.2. The summed E-state index contributed by atoms with van der Waals surface area (Å²) in [5, 5.41) is 13.8. The topological polar surface area (TPSA) is 101 Å². The van der Waals surface area contributed by atoms with Gasteiger partial charge in [-0.2, -0.15) is 0 Å².